The molecule has 0 fully saturated rings. The second-order valence-corrected chi connectivity index (χ2v) is 7.53. The molecule has 0 atom stereocenters. The van der Waals surface area contributed by atoms with Crippen molar-refractivity contribution in [2.75, 3.05) is 5.75 Å². The number of thioether (sulfide) groups is 1. The van der Waals surface area contributed by atoms with Gasteiger partial charge in [0.25, 0.3) is 0 Å². The molecule has 0 aromatic heterocycles. The summed E-state index contributed by atoms with van der Waals surface area (Å²) in [4.78, 5) is 13.6. The van der Waals surface area contributed by atoms with Gasteiger partial charge >= 0.3 is 0 Å². The van der Waals surface area contributed by atoms with Crippen LogP contribution in [0.1, 0.15) is 60.7 Å². The third kappa shape index (κ3) is 5.89. The lowest BCUT2D eigenvalue weighted by Gasteiger charge is -2.08. The molecular weight excluding hydrogens is 324 g/mol. The fourth-order valence-corrected chi connectivity index (χ4v) is 3.56. The highest BCUT2D eigenvalue weighted by Gasteiger charge is 2.04. The summed E-state index contributed by atoms with van der Waals surface area (Å²) in [7, 11) is 0. The van der Waals surface area contributed by atoms with Gasteiger partial charge in [-0.3, -0.25) is 4.79 Å². The zero-order valence-electron chi connectivity index (χ0n) is 15.5. The van der Waals surface area contributed by atoms with Crippen LogP contribution in [-0.4, -0.2) is 11.5 Å². The van der Waals surface area contributed by atoms with Crippen LogP contribution < -0.4 is 0 Å². The van der Waals surface area contributed by atoms with Crippen molar-refractivity contribution in [2.24, 2.45) is 0 Å². The van der Waals surface area contributed by atoms with Gasteiger partial charge in [-0.15, -0.1) is 11.8 Å². The van der Waals surface area contributed by atoms with Gasteiger partial charge in [-0.1, -0.05) is 57.9 Å². The fourth-order valence-electron chi connectivity index (χ4n) is 2.90. The van der Waals surface area contributed by atoms with E-state index in [4.69, 9.17) is 0 Å². The van der Waals surface area contributed by atoms with Crippen molar-refractivity contribution in [3.05, 3.63) is 70.8 Å². The van der Waals surface area contributed by atoms with Crippen LogP contribution in [0.15, 0.2) is 53.4 Å². The monoisotopic (exact) mass is 352 g/mol. The summed E-state index contributed by atoms with van der Waals surface area (Å²) in [6.07, 6.45) is 8.11. The average Bonchev–Trinajstić information content (AvgIpc) is 2.62. The van der Waals surface area contributed by atoms with Gasteiger partial charge in [-0.2, -0.15) is 0 Å². The molecule has 0 heterocycles. The van der Waals surface area contributed by atoms with Crippen molar-refractivity contribution in [2.45, 2.75) is 51.3 Å². The highest BCUT2D eigenvalue weighted by molar-refractivity contribution is 7.99. The van der Waals surface area contributed by atoms with Gasteiger partial charge in [-0.05, 0) is 65.6 Å². The van der Waals surface area contributed by atoms with E-state index in [1.54, 1.807) is 17.8 Å². The van der Waals surface area contributed by atoms with E-state index >= 15 is 0 Å². The minimum atomic E-state index is 0.0631. The van der Waals surface area contributed by atoms with Gasteiger partial charge in [0.2, 0.25) is 0 Å². The van der Waals surface area contributed by atoms with E-state index in [1.807, 2.05) is 30.3 Å². The lowest BCUT2D eigenvalue weighted by Crippen LogP contribution is -1.96. The summed E-state index contributed by atoms with van der Waals surface area (Å²) in [6.45, 7) is 6.53. The first-order valence-corrected chi connectivity index (χ1v) is 10.2. The lowest BCUT2D eigenvalue weighted by atomic mass is 9.97. The summed E-state index contributed by atoms with van der Waals surface area (Å²) in [5.74, 6) is 1.11. The first kappa shape index (κ1) is 19.5. The van der Waals surface area contributed by atoms with Crippen LogP contribution in [0.3, 0.4) is 0 Å². The summed E-state index contributed by atoms with van der Waals surface area (Å²) >= 11 is 1.79. The molecule has 0 aliphatic carbocycles. The molecule has 1 nitrogen and oxygen atoms in total. The molecule has 0 aliphatic heterocycles. The minimum absolute atomic E-state index is 0.0631. The normalized spacial score (nSPS) is 11.2. The molecule has 0 bridgehead atoms. The molecule has 0 saturated heterocycles. The molecule has 0 spiro atoms. The fraction of sp³-hybridized carbons (Fsp3) is 0.348. The van der Waals surface area contributed by atoms with E-state index in [0.717, 1.165) is 42.6 Å². The number of carbonyl (C=O) groups excluding carboxylic acids is 1. The highest BCUT2D eigenvalue weighted by atomic mass is 32.2. The van der Waals surface area contributed by atoms with Crippen LogP contribution in [0.25, 0.3) is 6.08 Å². The van der Waals surface area contributed by atoms with Crippen LogP contribution >= 0.6 is 11.8 Å². The molecule has 0 saturated carbocycles. The largest absolute Gasteiger partial charge is 0.289 e. The first-order chi connectivity index (χ1) is 12.2. The predicted molar refractivity (Wildman–Crippen MR) is 111 cm³/mol. The van der Waals surface area contributed by atoms with E-state index in [0.29, 0.717) is 0 Å². The molecule has 25 heavy (non-hydrogen) atoms. The van der Waals surface area contributed by atoms with Crippen LogP contribution in [0, 0.1) is 0 Å². The maximum Gasteiger partial charge on any atom is 0.185 e. The smallest absolute Gasteiger partial charge is 0.185 e. The maximum absolute atomic E-state index is 12.4. The van der Waals surface area contributed by atoms with Crippen molar-refractivity contribution in [1.82, 2.24) is 0 Å². The topological polar surface area (TPSA) is 17.1 Å². The van der Waals surface area contributed by atoms with Crippen molar-refractivity contribution >= 4 is 23.6 Å². The SMILES string of the molecule is CCCc1ccc(/C=C/C(=O)c2ccc(SCC)cc2)c(CCC)c1. The van der Waals surface area contributed by atoms with E-state index in [9.17, 15) is 4.79 Å². The summed E-state index contributed by atoms with van der Waals surface area (Å²) < 4.78 is 0. The molecular formula is C23H28OS. The van der Waals surface area contributed by atoms with Gasteiger partial charge in [0.1, 0.15) is 0 Å². The van der Waals surface area contributed by atoms with Crippen LogP contribution in [0.4, 0.5) is 0 Å². The maximum atomic E-state index is 12.4. The number of allylic oxidation sites excluding steroid dienone is 1. The number of benzene rings is 2. The Balaban J connectivity index is 2.15. The molecule has 2 aromatic carbocycles. The third-order valence-corrected chi connectivity index (χ3v) is 5.02. The highest BCUT2D eigenvalue weighted by Crippen LogP contribution is 2.20. The predicted octanol–water partition coefficient (Wildman–Crippen LogP) is 6.60. The Morgan fingerprint density at radius 2 is 1.68 bits per heavy atom. The minimum Gasteiger partial charge on any atom is -0.289 e. The molecule has 2 rings (SSSR count). The number of rotatable bonds is 9. The second kappa shape index (κ2) is 10.2. The van der Waals surface area contributed by atoms with Crippen molar-refractivity contribution in [1.29, 1.82) is 0 Å². The van der Waals surface area contributed by atoms with E-state index < -0.39 is 0 Å². The molecule has 0 amide bonds. The van der Waals surface area contributed by atoms with Crippen LogP contribution in [0.2, 0.25) is 0 Å². The third-order valence-electron chi connectivity index (χ3n) is 4.13. The number of hydrogen-bond acceptors (Lipinski definition) is 2. The van der Waals surface area contributed by atoms with Gasteiger partial charge in [-0.25, -0.2) is 0 Å². The van der Waals surface area contributed by atoms with E-state index in [2.05, 4.69) is 39.0 Å². The van der Waals surface area contributed by atoms with Crippen molar-refractivity contribution in [3.63, 3.8) is 0 Å². The Morgan fingerprint density at radius 1 is 0.960 bits per heavy atom. The molecule has 132 valence electrons. The Morgan fingerprint density at radius 3 is 2.32 bits per heavy atom. The van der Waals surface area contributed by atoms with Crippen molar-refractivity contribution < 1.29 is 4.79 Å². The molecule has 2 aromatic rings. The van der Waals surface area contributed by atoms with Gasteiger partial charge in [0.05, 0.1) is 0 Å². The van der Waals surface area contributed by atoms with Gasteiger partial charge < -0.3 is 0 Å². The zero-order valence-corrected chi connectivity index (χ0v) is 16.4. The zero-order chi connectivity index (χ0) is 18.1. The molecule has 0 unspecified atom stereocenters. The quantitative estimate of drug-likeness (QED) is 0.287. The van der Waals surface area contributed by atoms with Crippen molar-refractivity contribution in [3.8, 4) is 0 Å². The van der Waals surface area contributed by atoms with E-state index in [-0.39, 0.29) is 5.78 Å². The van der Waals surface area contributed by atoms with Crippen LogP contribution in [-0.2, 0) is 12.8 Å². The Kier molecular flexibility index (Phi) is 8.00. The summed E-state index contributed by atoms with van der Waals surface area (Å²) in [5.41, 5.74) is 4.63. The van der Waals surface area contributed by atoms with Gasteiger partial charge in [0, 0.05) is 10.5 Å². The molecule has 2 heteroatoms. The Hall–Kier alpha value is -1.80. The summed E-state index contributed by atoms with van der Waals surface area (Å²) in [6, 6.07) is 14.5. The number of ketones is 1. The summed E-state index contributed by atoms with van der Waals surface area (Å²) in [5, 5.41) is 0. The lowest BCUT2D eigenvalue weighted by molar-refractivity contribution is 0.104. The Labute approximate surface area is 156 Å². The molecule has 0 N–H and O–H groups in total. The molecule has 0 aliphatic rings. The Bertz CT molecular complexity index is 713. The first-order valence-electron chi connectivity index (χ1n) is 9.25. The van der Waals surface area contributed by atoms with Gasteiger partial charge in [0.15, 0.2) is 5.78 Å². The second-order valence-electron chi connectivity index (χ2n) is 6.19. The number of carbonyl (C=O) groups is 1. The number of aryl methyl sites for hydroxylation is 2. The van der Waals surface area contributed by atoms with E-state index in [1.165, 1.54) is 16.0 Å². The van der Waals surface area contributed by atoms with Crippen LogP contribution in [0.5, 0.6) is 0 Å². The standard InChI is InChI=1S/C23H28OS/c1-4-7-18-9-10-19(21(17-18)8-5-2)13-16-23(24)20-11-14-22(15-12-20)25-6-3/h9-17H,4-8H2,1-3H3/b16-13+. The molecule has 0 radical (unpaired) electrons. The number of hydrogen-bond donors (Lipinski definition) is 0. The average molecular weight is 353 g/mol.